The van der Waals surface area contributed by atoms with Crippen molar-refractivity contribution in [1.29, 1.82) is 0 Å². The van der Waals surface area contributed by atoms with E-state index in [0.29, 0.717) is 16.6 Å². The van der Waals surface area contributed by atoms with Gasteiger partial charge < -0.3 is 19.1 Å². The third-order valence-electron chi connectivity index (χ3n) is 4.61. The van der Waals surface area contributed by atoms with Crippen molar-refractivity contribution in [2.45, 2.75) is 32.2 Å². The molecule has 0 spiro atoms. The topological polar surface area (TPSA) is 103 Å². The molecule has 9 heteroatoms. The minimum absolute atomic E-state index is 0.000659. The van der Waals surface area contributed by atoms with Gasteiger partial charge in [-0.2, -0.15) is 0 Å². The number of urea groups is 1. The van der Waals surface area contributed by atoms with Crippen molar-refractivity contribution in [3.63, 3.8) is 0 Å². The normalized spacial score (nSPS) is 22.9. The molecule has 8 nitrogen and oxygen atoms in total. The zero-order valence-electron chi connectivity index (χ0n) is 15.0. The Morgan fingerprint density at radius 3 is 2.31 bits per heavy atom. The largest absolute Gasteiger partial charge is 0.496 e. The summed E-state index contributed by atoms with van der Waals surface area (Å²) in [7, 11) is -2.03. The summed E-state index contributed by atoms with van der Waals surface area (Å²) in [6.07, 6.45) is 1.66. The van der Waals surface area contributed by atoms with Crippen LogP contribution in [0, 0.1) is 5.92 Å². The molecule has 1 unspecified atom stereocenters. The van der Waals surface area contributed by atoms with Gasteiger partial charge in [0.05, 0.1) is 25.6 Å². The third-order valence-corrected chi connectivity index (χ3v) is 6.72. The minimum Gasteiger partial charge on any atom is -0.496 e. The fourth-order valence-corrected chi connectivity index (χ4v) is 4.97. The summed E-state index contributed by atoms with van der Waals surface area (Å²) in [5.41, 5.74) is -0.628. The lowest BCUT2D eigenvalue weighted by atomic mass is 9.84. The summed E-state index contributed by atoms with van der Waals surface area (Å²) in [4.78, 5) is 24.4. The lowest BCUT2D eigenvalue weighted by molar-refractivity contribution is -0.125. The molecule has 3 rings (SSSR count). The predicted molar refractivity (Wildman–Crippen MR) is 94.6 cm³/mol. The maximum absolute atomic E-state index is 13.0. The monoisotopic (exact) mass is 382 g/mol. The fourth-order valence-electron chi connectivity index (χ4n) is 3.38. The molecule has 1 saturated carbocycles. The number of imide groups is 1. The average Bonchev–Trinajstić information content (AvgIpc) is 3.40. The van der Waals surface area contributed by atoms with E-state index in [-0.39, 0.29) is 19.1 Å². The van der Waals surface area contributed by atoms with E-state index in [1.807, 2.05) is 0 Å². The molecule has 1 atom stereocenters. The van der Waals surface area contributed by atoms with E-state index < -0.39 is 25.1 Å². The fraction of sp³-hybridized carbons (Fsp3) is 0.529. The second-order valence-electron chi connectivity index (χ2n) is 6.21. The first-order valence-electron chi connectivity index (χ1n) is 8.63. The highest BCUT2D eigenvalue weighted by atomic mass is 31.2. The van der Waals surface area contributed by atoms with Crippen LogP contribution >= 0.6 is 7.60 Å². The molecule has 1 aliphatic carbocycles. The second-order valence-corrected chi connectivity index (χ2v) is 8.24. The highest BCUT2D eigenvalue weighted by Gasteiger charge is 2.58. The molecule has 142 valence electrons. The Balaban J connectivity index is 2.08. The molecule has 1 aromatic rings. The van der Waals surface area contributed by atoms with E-state index in [1.54, 1.807) is 32.0 Å². The maximum atomic E-state index is 13.0. The van der Waals surface area contributed by atoms with E-state index in [1.165, 1.54) is 7.11 Å². The van der Waals surface area contributed by atoms with Gasteiger partial charge in [0.1, 0.15) is 5.75 Å². The third kappa shape index (κ3) is 3.02. The van der Waals surface area contributed by atoms with E-state index in [4.69, 9.17) is 13.8 Å². The molecular formula is C17H23N2O6P. The van der Waals surface area contributed by atoms with Gasteiger partial charge in [-0.25, -0.2) is 4.79 Å². The van der Waals surface area contributed by atoms with E-state index in [0.717, 1.165) is 12.8 Å². The van der Waals surface area contributed by atoms with Gasteiger partial charge in [0.15, 0.2) is 5.54 Å². The van der Waals surface area contributed by atoms with E-state index in [9.17, 15) is 14.2 Å². The number of carbonyl (C=O) groups is 2. The second kappa shape index (κ2) is 7.02. The number of amides is 3. The van der Waals surface area contributed by atoms with Gasteiger partial charge in [-0.15, -0.1) is 0 Å². The summed E-state index contributed by atoms with van der Waals surface area (Å²) in [6.45, 7) is 3.92. The molecule has 1 saturated heterocycles. The van der Waals surface area contributed by atoms with Crippen molar-refractivity contribution < 1.29 is 27.9 Å². The molecule has 2 N–H and O–H groups in total. The number of nitrogens with one attached hydrogen (secondary N) is 2. The number of carbonyl (C=O) groups excluding carboxylic acids is 2. The first kappa shape index (κ1) is 18.9. The zero-order chi connectivity index (χ0) is 18.9. The lowest BCUT2D eigenvalue weighted by Crippen LogP contribution is -2.46. The van der Waals surface area contributed by atoms with Crippen LogP contribution in [0.15, 0.2) is 18.2 Å². The number of methoxy groups -OCH3 is 1. The van der Waals surface area contributed by atoms with Gasteiger partial charge in [0, 0.05) is 5.56 Å². The van der Waals surface area contributed by atoms with Crippen LogP contribution < -0.4 is 20.7 Å². The summed E-state index contributed by atoms with van der Waals surface area (Å²) in [6, 6.07) is 4.29. The summed E-state index contributed by atoms with van der Waals surface area (Å²) >= 11 is 0. The van der Waals surface area contributed by atoms with E-state index in [2.05, 4.69) is 10.6 Å². The Kier molecular flexibility index (Phi) is 5.10. The predicted octanol–water partition coefficient (Wildman–Crippen LogP) is 2.03. The number of benzene rings is 1. The van der Waals surface area contributed by atoms with Crippen molar-refractivity contribution in [3.05, 3.63) is 23.8 Å². The van der Waals surface area contributed by atoms with Gasteiger partial charge in [-0.3, -0.25) is 14.7 Å². The van der Waals surface area contributed by atoms with Crippen LogP contribution in [0.3, 0.4) is 0 Å². The van der Waals surface area contributed by atoms with Crippen LogP contribution in [0.5, 0.6) is 5.75 Å². The van der Waals surface area contributed by atoms with Crippen molar-refractivity contribution >= 4 is 24.8 Å². The molecule has 26 heavy (non-hydrogen) atoms. The molecule has 0 bridgehead atoms. The summed E-state index contributed by atoms with van der Waals surface area (Å²) in [5, 5.41) is 5.43. The van der Waals surface area contributed by atoms with Crippen LogP contribution in [-0.4, -0.2) is 32.3 Å². The number of hydrogen-bond donors (Lipinski definition) is 2. The van der Waals surface area contributed by atoms with Crippen molar-refractivity contribution in [2.24, 2.45) is 5.92 Å². The Morgan fingerprint density at radius 2 is 1.85 bits per heavy atom. The summed E-state index contributed by atoms with van der Waals surface area (Å²) < 4.78 is 29.2. The van der Waals surface area contributed by atoms with Crippen LogP contribution in [0.1, 0.15) is 32.3 Å². The highest BCUT2D eigenvalue weighted by Crippen LogP contribution is 2.52. The van der Waals surface area contributed by atoms with Gasteiger partial charge in [-0.05, 0) is 44.7 Å². The zero-order valence-corrected chi connectivity index (χ0v) is 15.9. The molecule has 2 fully saturated rings. The smallest absolute Gasteiger partial charge is 0.361 e. The Morgan fingerprint density at radius 1 is 1.19 bits per heavy atom. The van der Waals surface area contributed by atoms with Gasteiger partial charge >= 0.3 is 13.6 Å². The van der Waals surface area contributed by atoms with E-state index >= 15 is 0 Å². The van der Waals surface area contributed by atoms with Gasteiger partial charge in [0.2, 0.25) is 0 Å². The number of ether oxygens (including phenoxy) is 1. The Bertz CT molecular complexity index is 769. The molecule has 1 heterocycles. The van der Waals surface area contributed by atoms with Crippen molar-refractivity contribution in [2.75, 3.05) is 20.3 Å². The number of rotatable bonds is 8. The maximum Gasteiger partial charge on any atom is 0.361 e. The van der Waals surface area contributed by atoms with Crippen LogP contribution in [0.25, 0.3) is 0 Å². The molecule has 3 amide bonds. The average molecular weight is 382 g/mol. The molecule has 1 aromatic carbocycles. The lowest BCUT2D eigenvalue weighted by Gasteiger charge is -2.29. The highest BCUT2D eigenvalue weighted by molar-refractivity contribution is 7.62. The minimum atomic E-state index is -3.49. The molecule has 0 aromatic heterocycles. The molecule has 2 aliphatic rings. The molecule has 0 radical (unpaired) electrons. The van der Waals surface area contributed by atoms with Crippen molar-refractivity contribution in [1.82, 2.24) is 10.6 Å². The standard InChI is InChI=1S/C17H23N2O6P/c1-4-24-26(22,25-5-2)12-8-9-13(14(10-12)23-3)17(11-6-7-11)15(20)18-16(21)19-17/h8-11H,4-7H2,1-3H3,(H2,18,19,20,21). The number of hydrogen-bond acceptors (Lipinski definition) is 6. The molecule has 1 aliphatic heterocycles. The first-order valence-corrected chi connectivity index (χ1v) is 10.2. The van der Waals surface area contributed by atoms with Crippen LogP contribution in [0.4, 0.5) is 4.79 Å². The summed E-state index contributed by atoms with van der Waals surface area (Å²) in [5.74, 6) is -0.0421. The molecular weight excluding hydrogens is 359 g/mol. The Labute approximate surface area is 152 Å². The van der Waals surface area contributed by atoms with Gasteiger partial charge in [-0.1, -0.05) is 6.07 Å². The van der Waals surface area contributed by atoms with Crippen molar-refractivity contribution in [3.8, 4) is 5.75 Å². The van der Waals surface area contributed by atoms with Crippen LogP contribution in [-0.2, 0) is 23.9 Å². The quantitative estimate of drug-likeness (QED) is 0.527. The SMILES string of the molecule is CCOP(=O)(OCC)c1ccc(C2(C3CC3)NC(=O)NC2=O)c(OC)c1. The Hall–Kier alpha value is -1.89. The van der Waals surface area contributed by atoms with Gasteiger partial charge in [0.25, 0.3) is 5.91 Å². The first-order chi connectivity index (χ1) is 12.4. The van der Waals surface area contributed by atoms with Crippen LogP contribution in [0.2, 0.25) is 0 Å².